The lowest BCUT2D eigenvalue weighted by atomic mass is 10.0. The van der Waals surface area contributed by atoms with Crippen LogP contribution in [0, 0.1) is 0 Å². The van der Waals surface area contributed by atoms with Gasteiger partial charge in [-0.25, -0.2) is 0 Å². The molecule has 0 radical (unpaired) electrons. The fraction of sp³-hybridized carbons (Fsp3) is 0.947. The smallest absolute Gasteiger partial charge is 0.101 e. The zero-order valence-corrected chi connectivity index (χ0v) is 28.3. The Morgan fingerprint density at radius 3 is 0.875 bits per heavy atom. The van der Waals surface area contributed by atoms with Gasteiger partial charge in [-0.05, 0) is 25.7 Å². The summed E-state index contributed by atoms with van der Waals surface area (Å²) in [5, 5.41) is 0. The predicted octanol–water partition coefficient (Wildman–Crippen LogP) is 13.2. The molecule has 1 aliphatic rings. The lowest BCUT2D eigenvalue weighted by Crippen LogP contribution is -2.39. The van der Waals surface area contributed by atoms with Crippen LogP contribution in [0.2, 0.25) is 0 Å². The Hall–Kier alpha value is -0.660. The Bertz CT molecular complexity index is 516. The molecule has 1 atom stereocenters. The Morgan fingerprint density at radius 1 is 0.325 bits per heavy atom. The van der Waals surface area contributed by atoms with Crippen molar-refractivity contribution >= 4 is 0 Å². The standard InChI is InChI=1S/C38H76N2/c1-4-7-10-13-16-18-19-20-21-22-23-26-29-32-35-40-37-36-39(34-31-28-25-17-14-11-8-5-2)38(40)33-30-27-24-15-12-9-6-3/h36-38H,4-35H2,1-3H3. The van der Waals surface area contributed by atoms with Crippen LogP contribution in [0.3, 0.4) is 0 Å². The molecule has 40 heavy (non-hydrogen) atoms. The summed E-state index contributed by atoms with van der Waals surface area (Å²) < 4.78 is 0. The summed E-state index contributed by atoms with van der Waals surface area (Å²) in [6.45, 7) is 9.48. The molecule has 1 aliphatic heterocycles. The highest BCUT2D eigenvalue weighted by Gasteiger charge is 2.24. The van der Waals surface area contributed by atoms with E-state index in [0.717, 1.165) is 0 Å². The highest BCUT2D eigenvalue weighted by atomic mass is 15.4. The number of hydrogen-bond donors (Lipinski definition) is 0. The van der Waals surface area contributed by atoms with Crippen LogP contribution >= 0.6 is 0 Å². The molecule has 0 N–H and O–H groups in total. The van der Waals surface area contributed by atoms with E-state index in [1.54, 1.807) is 0 Å². The van der Waals surface area contributed by atoms with Gasteiger partial charge >= 0.3 is 0 Å². The van der Waals surface area contributed by atoms with Crippen LogP contribution in [0.15, 0.2) is 12.4 Å². The van der Waals surface area contributed by atoms with Gasteiger partial charge in [-0.2, -0.15) is 0 Å². The minimum absolute atomic E-state index is 0.641. The molecule has 0 amide bonds. The molecule has 2 heteroatoms. The second-order valence-electron chi connectivity index (χ2n) is 13.2. The van der Waals surface area contributed by atoms with Gasteiger partial charge in [0, 0.05) is 25.5 Å². The third kappa shape index (κ3) is 22.0. The maximum atomic E-state index is 2.71. The molecule has 0 spiro atoms. The number of nitrogens with zero attached hydrogens (tertiary/aromatic N) is 2. The summed E-state index contributed by atoms with van der Waals surface area (Å²) in [6, 6.07) is 0. The maximum absolute atomic E-state index is 2.71. The van der Waals surface area contributed by atoms with E-state index in [2.05, 4.69) is 43.0 Å². The summed E-state index contributed by atoms with van der Waals surface area (Å²) in [4.78, 5) is 5.42. The molecule has 0 aromatic carbocycles. The van der Waals surface area contributed by atoms with Crippen LogP contribution in [0.1, 0.15) is 213 Å². The van der Waals surface area contributed by atoms with Crippen molar-refractivity contribution < 1.29 is 0 Å². The highest BCUT2D eigenvalue weighted by molar-refractivity contribution is 4.97. The fourth-order valence-electron chi connectivity index (χ4n) is 6.54. The van der Waals surface area contributed by atoms with Gasteiger partial charge in [-0.3, -0.25) is 0 Å². The van der Waals surface area contributed by atoms with Gasteiger partial charge in [0.2, 0.25) is 0 Å². The third-order valence-corrected chi connectivity index (χ3v) is 9.32. The van der Waals surface area contributed by atoms with Crippen LogP contribution in [0.4, 0.5) is 0 Å². The molecule has 1 rings (SSSR count). The van der Waals surface area contributed by atoms with E-state index in [-0.39, 0.29) is 0 Å². The van der Waals surface area contributed by atoms with Gasteiger partial charge < -0.3 is 9.80 Å². The second kappa shape index (κ2) is 29.8. The third-order valence-electron chi connectivity index (χ3n) is 9.32. The van der Waals surface area contributed by atoms with Gasteiger partial charge in [-0.15, -0.1) is 0 Å². The first-order valence-electron chi connectivity index (χ1n) is 19.0. The molecule has 2 nitrogen and oxygen atoms in total. The fourth-order valence-corrected chi connectivity index (χ4v) is 6.54. The van der Waals surface area contributed by atoms with Crippen LogP contribution in [-0.2, 0) is 0 Å². The molecule has 0 aromatic rings. The largest absolute Gasteiger partial charge is 0.356 e. The zero-order chi connectivity index (χ0) is 28.8. The molecule has 1 heterocycles. The normalized spacial score (nSPS) is 15.1. The van der Waals surface area contributed by atoms with Crippen molar-refractivity contribution in [1.82, 2.24) is 9.80 Å². The molecule has 0 bridgehead atoms. The van der Waals surface area contributed by atoms with Crippen molar-refractivity contribution in [2.75, 3.05) is 13.1 Å². The van der Waals surface area contributed by atoms with Crippen molar-refractivity contribution in [2.45, 2.75) is 220 Å². The Balaban J connectivity index is 2.18. The molecular weight excluding hydrogens is 484 g/mol. The first kappa shape index (κ1) is 37.4. The molecular formula is C38H76N2. The molecule has 0 saturated carbocycles. The molecule has 1 unspecified atom stereocenters. The van der Waals surface area contributed by atoms with Crippen molar-refractivity contribution in [1.29, 1.82) is 0 Å². The summed E-state index contributed by atoms with van der Waals surface area (Å²) in [5.74, 6) is 0. The Morgan fingerprint density at radius 2 is 0.575 bits per heavy atom. The van der Waals surface area contributed by atoms with Crippen molar-refractivity contribution in [2.24, 2.45) is 0 Å². The first-order chi connectivity index (χ1) is 19.8. The SMILES string of the molecule is CCCCCCCCCCCCCCCCN1C=CN(CCCCCCCCCC)C1CCCCCCCCC. The monoisotopic (exact) mass is 561 g/mol. The van der Waals surface area contributed by atoms with Crippen molar-refractivity contribution in [3.63, 3.8) is 0 Å². The molecule has 0 aromatic heterocycles. The van der Waals surface area contributed by atoms with Crippen molar-refractivity contribution in [3.8, 4) is 0 Å². The number of unbranched alkanes of at least 4 members (excludes halogenated alkanes) is 26. The van der Waals surface area contributed by atoms with Gasteiger partial charge in [0.25, 0.3) is 0 Å². The lowest BCUT2D eigenvalue weighted by Gasteiger charge is -2.33. The van der Waals surface area contributed by atoms with E-state index < -0.39 is 0 Å². The minimum atomic E-state index is 0.641. The zero-order valence-electron chi connectivity index (χ0n) is 28.3. The molecule has 0 aliphatic carbocycles. The van der Waals surface area contributed by atoms with E-state index in [0.29, 0.717) is 6.17 Å². The van der Waals surface area contributed by atoms with Gasteiger partial charge in [0.15, 0.2) is 0 Å². The van der Waals surface area contributed by atoms with E-state index in [1.807, 2.05) is 0 Å². The number of hydrogen-bond acceptors (Lipinski definition) is 2. The topological polar surface area (TPSA) is 6.48 Å². The molecule has 238 valence electrons. The van der Waals surface area contributed by atoms with Crippen LogP contribution in [0.5, 0.6) is 0 Å². The minimum Gasteiger partial charge on any atom is -0.356 e. The summed E-state index contributed by atoms with van der Waals surface area (Å²) >= 11 is 0. The van der Waals surface area contributed by atoms with Gasteiger partial charge in [0.1, 0.15) is 6.17 Å². The predicted molar refractivity (Wildman–Crippen MR) is 182 cm³/mol. The first-order valence-corrected chi connectivity index (χ1v) is 19.0. The van der Waals surface area contributed by atoms with Crippen LogP contribution in [0.25, 0.3) is 0 Å². The van der Waals surface area contributed by atoms with Gasteiger partial charge in [0.05, 0.1) is 0 Å². The summed E-state index contributed by atoms with van der Waals surface area (Å²) in [5.41, 5.74) is 0. The Kier molecular flexibility index (Phi) is 27.9. The number of rotatable bonds is 32. The molecule has 0 fully saturated rings. The average Bonchev–Trinajstić information content (AvgIpc) is 3.35. The van der Waals surface area contributed by atoms with Crippen molar-refractivity contribution in [3.05, 3.63) is 12.4 Å². The Labute approximate surface area is 254 Å². The maximum Gasteiger partial charge on any atom is 0.101 e. The van der Waals surface area contributed by atoms with E-state index in [1.165, 1.54) is 206 Å². The quantitative estimate of drug-likeness (QED) is 0.0755. The van der Waals surface area contributed by atoms with Crippen LogP contribution in [-0.4, -0.2) is 29.1 Å². The van der Waals surface area contributed by atoms with E-state index in [9.17, 15) is 0 Å². The van der Waals surface area contributed by atoms with E-state index in [4.69, 9.17) is 0 Å². The second-order valence-corrected chi connectivity index (χ2v) is 13.2. The summed E-state index contributed by atoms with van der Waals surface area (Å²) in [7, 11) is 0. The van der Waals surface area contributed by atoms with Gasteiger partial charge in [-0.1, -0.05) is 188 Å². The highest BCUT2D eigenvalue weighted by Crippen LogP contribution is 2.24. The summed E-state index contributed by atoms with van der Waals surface area (Å²) in [6.07, 6.45) is 48.4. The average molecular weight is 561 g/mol. The van der Waals surface area contributed by atoms with E-state index >= 15 is 0 Å². The molecule has 0 saturated heterocycles. The lowest BCUT2D eigenvalue weighted by molar-refractivity contribution is 0.135. The van der Waals surface area contributed by atoms with Crippen LogP contribution < -0.4 is 0 Å².